The van der Waals surface area contributed by atoms with Crippen molar-refractivity contribution < 1.29 is 14.0 Å². The number of hydrogen-bond donors (Lipinski definition) is 0. The van der Waals surface area contributed by atoms with Crippen molar-refractivity contribution in [2.75, 3.05) is 6.79 Å². The Morgan fingerprint density at radius 3 is 3.00 bits per heavy atom. The van der Waals surface area contributed by atoms with Crippen molar-refractivity contribution in [3.8, 4) is 22.8 Å². The second-order valence-corrected chi connectivity index (χ2v) is 2.89. The molecule has 3 rings (SSSR count). The molecule has 69 valence electrons. The van der Waals surface area contributed by atoms with Crippen molar-refractivity contribution in [2.24, 2.45) is 0 Å². The maximum atomic E-state index is 5.24. The van der Waals surface area contributed by atoms with Crippen molar-refractivity contribution in [3.05, 3.63) is 30.5 Å². The summed E-state index contributed by atoms with van der Waals surface area (Å²) in [7, 11) is 0. The molecule has 0 fully saturated rings. The Hall–Kier alpha value is -1.97. The van der Waals surface area contributed by atoms with Gasteiger partial charge < -0.3 is 14.0 Å². The summed E-state index contributed by atoms with van der Waals surface area (Å²) in [5, 5.41) is 3.52. The number of hydrogen-bond acceptors (Lipinski definition) is 4. The number of ether oxygens (including phenoxy) is 2. The fourth-order valence-corrected chi connectivity index (χ4v) is 1.37. The van der Waals surface area contributed by atoms with Crippen LogP contribution in [-0.2, 0) is 0 Å². The minimum Gasteiger partial charge on any atom is -0.454 e. The van der Waals surface area contributed by atoms with E-state index in [1.165, 1.54) is 0 Å². The van der Waals surface area contributed by atoms with Gasteiger partial charge in [0.1, 0.15) is 6.20 Å². The van der Waals surface area contributed by atoms with Crippen molar-refractivity contribution in [3.63, 3.8) is 0 Å². The topological polar surface area (TPSA) is 44.5 Å². The molecule has 1 aromatic heterocycles. The Morgan fingerprint density at radius 1 is 1.21 bits per heavy atom. The minimum atomic E-state index is 0.279. The smallest absolute Gasteiger partial charge is 0.231 e. The molecule has 0 aliphatic carbocycles. The molecule has 4 nitrogen and oxygen atoms in total. The predicted molar refractivity (Wildman–Crippen MR) is 46.9 cm³/mol. The quantitative estimate of drug-likeness (QED) is 0.685. The van der Waals surface area contributed by atoms with Crippen LogP contribution in [0.3, 0.4) is 0 Å². The van der Waals surface area contributed by atoms with Crippen molar-refractivity contribution in [1.29, 1.82) is 0 Å². The standard InChI is InChI=1S/C10H6NO3/c1-2-9-10(13-6-12-9)5-7(1)8-3-4-11-14-8/h1-3,5H,6H2. The number of benzene rings is 1. The zero-order valence-electron chi connectivity index (χ0n) is 7.19. The molecule has 2 aromatic rings. The number of rotatable bonds is 1. The van der Waals surface area contributed by atoms with E-state index in [9.17, 15) is 0 Å². The average molecular weight is 188 g/mol. The molecule has 0 spiro atoms. The Morgan fingerprint density at radius 2 is 2.14 bits per heavy atom. The van der Waals surface area contributed by atoms with Gasteiger partial charge in [-0.25, -0.2) is 0 Å². The van der Waals surface area contributed by atoms with E-state index in [4.69, 9.17) is 14.0 Å². The Labute approximate surface area is 80.0 Å². The Balaban J connectivity index is 2.09. The molecule has 0 bridgehead atoms. The molecular weight excluding hydrogens is 182 g/mol. The maximum Gasteiger partial charge on any atom is 0.231 e. The second kappa shape index (κ2) is 2.77. The largest absolute Gasteiger partial charge is 0.454 e. The van der Waals surface area contributed by atoms with Gasteiger partial charge >= 0.3 is 0 Å². The first-order valence-corrected chi connectivity index (χ1v) is 4.16. The number of fused-ring (bicyclic) bond motifs is 1. The molecule has 0 unspecified atom stereocenters. The van der Waals surface area contributed by atoms with Crippen LogP contribution in [0.5, 0.6) is 11.5 Å². The lowest BCUT2D eigenvalue weighted by atomic mass is 10.1. The molecule has 1 aromatic carbocycles. The lowest BCUT2D eigenvalue weighted by Crippen LogP contribution is -1.92. The molecule has 0 amide bonds. The van der Waals surface area contributed by atoms with E-state index >= 15 is 0 Å². The van der Waals surface area contributed by atoms with Crippen LogP contribution in [0, 0.1) is 6.20 Å². The number of nitrogens with zero attached hydrogens (tertiary/aromatic N) is 1. The van der Waals surface area contributed by atoms with Gasteiger partial charge in [0, 0.05) is 11.6 Å². The van der Waals surface area contributed by atoms with Crippen LogP contribution in [0.25, 0.3) is 11.3 Å². The Kier molecular flexibility index (Phi) is 1.47. The van der Waals surface area contributed by atoms with E-state index in [-0.39, 0.29) is 6.79 Å². The molecule has 1 aliphatic rings. The first-order chi connectivity index (χ1) is 6.93. The van der Waals surface area contributed by atoms with Gasteiger partial charge in [-0.05, 0) is 18.2 Å². The molecule has 0 saturated carbocycles. The summed E-state index contributed by atoms with van der Waals surface area (Å²) in [6, 6.07) is 7.27. The van der Waals surface area contributed by atoms with Gasteiger partial charge in [0.25, 0.3) is 0 Å². The monoisotopic (exact) mass is 188 g/mol. The molecule has 0 atom stereocenters. The molecule has 1 aliphatic heterocycles. The van der Waals surface area contributed by atoms with Crippen LogP contribution in [0.1, 0.15) is 0 Å². The van der Waals surface area contributed by atoms with E-state index in [0.29, 0.717) is 5.76 Å². The van der Waals surface area contributed by atoms with E-state index in [2.05, 4.69) is 11.4 Å². The van der Waals surface area contributed by atoms with Crippen LogP contribution in [0.15, 0.2) is 28.8 Å². The lowest BCUT2D eigenvalue weighted by molar-refractivity contribution is 0.174. The normalized spacial score (nSPS) is 13.1. The van der Waals surface area contributed by atoms with Gasteiger partial charge in [-0.1, -0.05) is 5.16 Å². The summed E-state index contributed by atoms with van der Waals surface area (Å²) in [5.41, 5.74) is 0.906. The van der Waals surface area contributed by atoms with E-state index in [1.807, 2.05) is 18.2 Å². The SMILES string of the molecule is [c]1cc(-c2ccc3c(c2)OCO3)on1. The van der Waals surface area contributed by atoms with Gasteiger partial charge in [0.2, 0.25) is 6.79 Å². The third-order valence-electron chi connectivity index (χ3n) is 2.05. The fourth-order valence-electron chi connectivity index (χ4n) is 1.37. The lowest BCUT2D eigenvalue weighted by Gasteiger charge is -1.97. The molecule has 0 saturated heterocycles. The molecule has 0 N–H and O–H groups in total. The summed E-state index contributed by atoms with van der Waals surface area (Å²) in [4.78, 5) is 0. The zero-order chi connectivity index (χ0) is 9.38. The van der Waals surface area contributed by atoms with Crippen molar-refractivity contribution in [2.45, 2.75) is 0 Å². The molecular formula is C10H6NO3. The van der Waals surface area contributed by atoms with Crippen molar-refractivity contribution >= 4 is 0 Å². The highest BCUT2D eigenvalue weighted by Crippen LogP contribution is 2.35. The highest BCUT2D eigenvalue weighted by atomic mass is 16.7. The summed E-state index contributed by atoms with van der Waals surface area (Å²) >= 11 is 0. The maximum absolute atomic E-state index is 5.24. The van der Waals surface area contributed by atoms with Crippen LogP contribution in [0.4, 0.5) is 0 Å². The molecule has 4 heteroatoms. The van der Waals surface area contributed by atoms with Crippen LogP contribution in [-0.4, -0.2) is 11.9 Å². The third kappa shape index (κ3) is 1.04. The third-order valence-corrected chi connectivity index (χ3v) is 2.05. The predicted octanol–water partition coefficient (Wildman–Crippen LogP) is 1.87. The number of aromatic nitrogens is 1. The van der Waals surface area contributed by atoms with Crippen LogP contribution < -0.4 is 9.47 Å². The second-order valence-electron chi connectivity index (χ2n) is 2.89. The Bertz CT molecular complexity index is 450. The summed E-state index contributed by atoms with van der Waals surface area (Å²) in [6.07, 6.45) is 2.61. The molecule has 2 heterocycles. The average Bonchev–Trinajstić information content (AvgIpc) is 2.88. The van der Waals surface area contributed by atoms with E-state index < -0.39 is 0 Å². The van der Waals surface area contributed by atoms with E-state index in [0.717, 1.165) is 17.1 Å². The van der Waals surface area contributed by atoms with Gasteiger partial charge in [-0.3, -0.25) is 0 Å². The van der Waals surface area contributed by atoms with Gasteiger partial charge in [0.15, 0.2) is 17.3 Å². The first-order valence-electron chi connectivity index (χ1n) is 4.16. The molecule has 14 heavy (non-hydrogen) atoms. The van der Waals surface area contributed by atoms with Crippen LogP contribution in [0.2, 0.25) is 0 Å². The molecule has 1 radical (unpaired) electrons. The summed E-state index contributed by atoms with van der Waals surface area (Å²) in [6.45, 7) is 0.279. The van der Waals surface area contributed by atoms with Crippen LogP contribution >= 0.6 is 0 Å². The fraction of sp³-hybridized carbons (Fsp3) is 0.100. The summed E-state index contributed by atoms with van der Waals surface area (Å²) in [5.74, 6) is 2.17. The first kappa shape index (κ1) is 7.44. The minimum absolute atomic E-state index is 0.279. The van der Waals surface area contributed by atoms with Gasteiger partial charge in [0.05, 0.1) is 0 Å². The van der Waals surface area contributed by atoms with Crippen molar-refractivity contribution in [1.82, 2.24) is 5.16 Å². The van der Waals surface area contributed by atoms with E-state index in [1.54, 1.807) is 6.07 Å². The zero-order valence-corrected chi connectivity index (χ0v) is 7.19. The highest BCUT2D eigenvalue weighted by molar-refractivity contribution is 5.62. The van der Waals surface area contributed by atoms with Gasteiger partial charge in [-0.2, -0.15) is 0 Å². The highest BCUT2D eigenvalue weighted by Gasteiger charge is 2.14. The van der Waals surface area contributed by atoms with Gasteiger partial charge in [-0.15, -0.1) is 0 Å². The summed E-state index contributed by atoms with van der Waals surface area (Å²) < 4.78 is 15.4.